The monoisotopic (exact) mass is 524 g/mol. The summed E-state index contributed by atoms with van der Waals surface area (Å²) in [6.07, 6.45) is 2.86. The second-order valence-electron chi connectivity index (χ2n) is 10.4. The highest BCUT2D eigenvalue weighted by atomic mass is 16.6. The first-order valence-electron chi connectivity index (χ1n) is 13.6. The lowest BCUT2D eigenvalue weighted by atomic mass is 9.72. The van der Waals surface area contributed by atoms with Crippen LogP contribution in [0.2, 0.25) is 0 Å². The zero-order valence-corrected chi connectivity index (χ0v) is 22.2. The number of benzene rings is 3. The van der Waals surface area contributed by atoms with Gasteiger partial charge in [-0.3, -0.25) is 14.6 Å². The van der Waals surface area contributed by atoms with E-state index < -0.39 is 5.92 Å². The molecule has 3 aliphatic rings. The van der Waals surface area contributed by atoms with Crippen molar-refractivity contribution in [2.45, 2.75) is 44.6 Å². The van der Waals surface area contributed by atoms with Crippen molar-refractivity contribution in [3.63, 3.8) is 0 Å². The number of esters is 1. The minimum atomic E-state index is -0.429. The molecule has 2 fully saturated rings. The molecule has 0 aromatic heterocycles. The third kappa shape index (κ3) is 5.13. The maximum Gasteiger partial charge on any atom is 0.314 e. The van der Waals surface area contributed by atoms with Crippen LogP contribution in [0.1, 0.15) is 55.7 Å². The predicted molar refractivity (Wildman–Crippen MR) is 149 cm³/mol. The lowest BCUT2D eigenvalue weighted by Gasteiger charge is -2.34. The molecule has 2 aliphatic carbocycles. The number of nitrogens with zero attached hydrogens (tertiary/aromatic N) is 1. The Morgan fingerprint density at radius 3 is 2.49 bits per heavy atom. The number of nitrogens with one attached hydrogen (secondary N) is 1. The van der Waals surface area contributed by atoms with E-state index in [4.69, 9.17) is 19.2 Å². The molecule has 200 valence electrons. The number of methoxy groups -OCH3 is 1. The van der Waals surface area contributed by atoms with Crippen LogP contribution in [0.25, 0.3) is 0 Å². The lowest BCUT2D eigenvalue weighted by Crippen LogP contribution is -2.38. The highest BCUT2D eigenvalue weighted by Gasteiger charge is 2.42. The molecule has 3 aromatic carbocycles. The average Bonchev–Trinajstić information content (AvgIpc) is 3.81. The number of aliphatic imine (C=N–C) groups is 1. The second kappa shape index (κ2) is 10.6. The van der Waals surface area contributed by atoms with E-state index in [1.54, 1.807) is 13.2 Å². The quantitative estimate of drug-likeness (QED) is 0.284. The van der Waals surface area contributed by atoms with Crippen LogP contribution in [0, 0.1) is 11.8 Å². The van der Waals surface area contributed by atoms with Crippen LogP contribution in [0.15, 0.2) is 71.7 Å². The third-order valence-corrected chi connectivity index (χ3v) is 7.76. The SMILES string of the molecule is CCOc1cc(C2Nc3ccccc3N=C3CC(c4ccc(OC)cc4)CC(=O)C32)ccc1OC(=O)C1CC1. The summed E-state index contributed by atoms with van der Waals surface area (Å²) in [5, 5.41) is 3.62. The molecule has 1 aliphatic heterocycles. The first-order chi connectivity index (χ1) is 19.0. The van der Waals surface area contributed by atoms with Crippen LogP contribution in [-0.4, -0.2) is 31.2 Å². The molecule has 0 radical (unpaired) electrons. The molecular formula is C32H32N2O5. The Labute approximate surface area is 228 Å². The van der Waals surface area contributed by atoms with Crippen molar-refractivity contribution in [3.05, 3.63) is 77.9 Å². The van der Waals surface area contributed by atoms with Gasteiger partial charge in [-0.25, -0.2) is 0 Å². The Bertz CT molecular complexity index is 1430. The first-order valence-corrected chi connectivity index (χ1v) is 13.6. The number of ether oxygens (including phenoxy) is 3. The van der Waals surface area contributed by atoms with Crippen LogP contribution in [0.4, 0.5) is 11.4 Å². The van der Waals surface area contributed by atoms with E-state index in [0.29, 0.717) is 30.9 Å². The number of hydrogen-bond donors (Lipinski definition) is 1. The van der Waals surface area contributed by atoms with Crippen LogP contribution < -0.4 is 19.5 Å². The summed E-state index contributed by atoms with van der Waals surface area (Å²) in [5.41, 5.74) is 4.56. The fraction of sp³-hybridized carbons (Fsp3) is 0.344. The van der Waals surface area contributed by atoms with E-state index in [1.165, 1.54) is 0 Å². The minimum absolute atomic E-state index is 0.0172. The van der Waals surface area contributed by atoms with Gasteiger partial charge in [-0.2, -0.15) is 0 Å². The van der Waals surface area contributed by atoms with E-state index in [9.17, 15) is 9.59 Å². The summed E-state index contributed by atoms with van der Waals surface area (Å²) in [7, 11) is 1.65. The van der Waals surface area contributed by atoms with Crippen LogP contribution in [0.3, 0.4) is 0 Å². The topological polar surface area (TPSA) is 86.2 Å². The van der Waals surface area contributed by atoms with Crippen molar-refractivity contribution < 1.29 is 23.8 Å². The summed E-state index contributed by atoms with van der Waals surface area (Å²) in [6, 6.07) is 21.1. The van der Waals surface area contributed by atoms with Gasteiger partial charge in [0.15, 0.2) is 11.5 Å². The molecule has 2 saturated carbocycles. The fourth-order valence-electron chi connectivity index (χ4n) is 5.57. The highest BCUT2D eigenvalue weighted by Crippen LogP contribution is 2.45. The van der Waals surface area contributed by atoms with Gasteiger partial charge in [0.25, 0.3) is 0 Å². The van der Waals surface area contributed by atoms with Gasteiger partial charge in [0.05, 0.1) is 43.0 Å². The van der Waals surface area contributed by atoms with Gasteiger partial charge >= 0.3 is 5.97 Å². The number of Topliss-reactive ketones (excluding diaryl/α,β-unsaturated/α-hetero) is 1. The molecule has 7 nitrogen and oxygen atoms in total. The second-order valence-corrected chi connectivity index (χ2v) is 10.4. The van der Waals surface area contributed by atoms with E-state index in [-0.39, 0.29) is 29.6 Å². The van der Waals surface area contributed by atoms with Gasteiger partial charge in [-0.15, -0.1) is 0 Å². The zero-order chi connectivity index (χ0) is 26.9. The Morgan fingerprint density at radius 2 is 1.74 bits per heavy atom. The van der Waals surface area contributed by atoms with Crippen molar-refractivity contribution in [3.8, 4) is 17.2 Å². The molecule has 3 aromatic rings. The number of rotatable bonds is 7. The van der Waals surface area contributed by atoms with Crippen molar-refractivity contribution >= 4 is 28.8 Å². The zero-order valence-electron chi connectivity index (χ0n) is 22.2. The van der Waals surface area contributed by atoms with E-state index >= 15 is 0 Å². The number of fused-ring (bicyclic) bond motifs is 2. The number of hydrogen-bond acceptors (Lipinski definition) is 7. The molecule has 0 amide bonds. The number of carbonyl (C=O) groups excluding carboxylic acids is 2. The van der Waals surface area contributed by atoms with Gasteiger partial charge < -0.3 is 19.5 Å². The summed E-state index contributed by atoms with van der Waals surface area (Å²) >= 11 is 0. The maximum absolute atomic E-state index is 13.9. The smallest absolute Gasteiger partial charge is 0.314 e. The molecule has 0 saturated heterocycles. The molecule has 3 unspecified atom stereocenters. The Morgan fingerprint density at radius 1 is 0.974 bits per heavy atom. The maximum atomic E-state index is 13.9. The number of carbonyl (C=O) groups is 2. The predicted octanol–water partition coefficient (Wildman–Crippen LogP) is 6.41. The average molecular weight is 525 g/mol. The summed E-state index contributed by atoms with van der Waals surface area (Å²) < 4.78 is 16.9. The Kier molecular flexibility index (Phi) is 6.81. The normalized spacial score (nSPS) is 21.9. The summed E-state index contributed by atoms with van der Waals surface area (Å²) in [4.78, 5) is 31.3. The minimum Gasteiger partial charge on any atom is -0.497 e. The summed E-state index contributed by atoms with van der Waals surface area (Å²) in [5.74, 6) is 1.24. The van der Waals surface area contributed by atoms with Crippen molar-refractivity contribution in [2.24, 2.45) is 16.8 Å². The highest BCUT2D eigenvalue weighted by molar-refractivity contribution is 6.11. The molecular weight excluding hydrogens is 492 g/mol. The van der Waals surface area contributed by atoms with Crippen LogP contribution >= 0.6 is 0 Å². The Hall–Kier alpha value is -4.13. The van der Waals surface area contributed by atoms with Crippen molar-refractivity contribution in [1.29, 1.82) is 0 Å². The standard InChI is InChI=1S/C32H32N2O5/c1-3-38-29-18-21(12-15-28(29)39-32(36)20-8-9-20)31-30-26(33-24-6-4-5-7-25(24)34-31)16-22(17-27(30)35)19-10-13-23(37-2)14-11-19/h4-7,10-15,18,20,22,30-31,34H,3,8-9,16-17H2,1-2H3. The number of ketones is 1. The first kappa shape index (κ1) is 25.2. The molecule has 1 heterocycles. The largest absolute Gasteiger partial charge is 0.497 e. The van der Waals surface area contributed by atoms with Gasteiger partial charge in [0.2, 0.25) is 0 Å². The van der Waals surface area contributed by atoms with Crippen molar-refractivity contribution in [2.75, 3.05) is 19.0 Å². The van der Waals surface area contributed by atoms with E-state index in [1.807, 2.05) is 67.6 Å². The fourth-order valence-corrected chi connectivity index (χ4v) is 5.57. The molecule has 1 N–H and O–H groups in total. The van der Waals surface area contributed by atoms with Crippen LogP contribution in [-0.2, 0) is 9.59 Å². The summed E-state index contributed by atoms with van der Waals surface area (Å²) in [6.45, 7) is 2.32. The Balaban J connectivity index is 1.36. The third-order valence-electron chi connectivity index (χ3n) is 7.76. The van der Waals surface area contributed by atoms with E-state index in [0.717, 1.165) is 46.8 Å². The molecule has 39 heavy (non-hydrogen) atoms. The van der Waals surface area contributed by atoms with Crippen molar-refractivity contribution in [1.82, 2.24) is 0 Å². The van der Waals surface area contributed by atoms with Gasteiger partial charge in [0, 0.05) is 12.1 Å². The molecule has 6 rings (SSSR count). The lowest BCUT2D eigenvalue weighted by molar-refractivity contribution is -0.135. The number of para-hydroxylation sites is 2. The van der Waals surface area contributed by atoms with Gasteiger partial charge in [0.1, 0.15) is 11.5 Å². The molecule has 0 spiro atoms. The molecule has 3 atom stereocenters. The number of anilines is 1. The molecule has 7 heteroatoms. The van der Waals surface area contributed by atoms with Crippen LogP contribution in [0.5, 0.6) is 17.2 Å². The molecule has 0 bridgehead atoms. The van der Waals surface area contributed by atoms with Gasteiger partial charge in [-0.05, 0) is 79.6 Å². The van der Waals surface area contributed by atoms with E-state index in [2.05, 4.69) is 5.32 Å². The van der Waals surface area contributed by atoms with Gasteiger partial charge in [-0.1, -0.05) is 30.3 Å².